The summed E-state index contributed by atoms with van der Waals surface area (Å²) in [4.78, 5) is 113. The molecule has 4 fully saturated rings. The van der Waals surface area contributed by atoms with Gasteiger partial charge < -0.3 is 71.5 Å². The van der Waals surface area contributed by atoms with Gasteiger partial charge in [-0.15, -0.1) is 0 Å². The van der Waals surface area contributed by atoms with E-state index in [-0.39, 0.29) is 47.3 Å². The van der Waals surface area contributed by atoms with E-state index in [4.69, 9.17) is 69.0 Å². The van der Waals surface area contributed by atoms with Gasteiger partial charge >= 0.3 is 48.4 Å². The highest BCUT2D eigenvalue weighted by molar-refractivity contribution is 7.48. The number of phosphoric acid groups is 4. The third kappa shape index (κ3) is 14.2. The number of rotatable bonds is 22. The monoisotopic (exact) mass is 1200 g/mol. The molecule has 0 saturated carbocycles. The molecule has 432 valence electrons. The largest absolute Gasteiger partial charge is 0.472 e. The Morgan fingerprint density at radius 3 is 1.29 bits per heavy atom. The van der Waals surface area contributed by atoms with E-state index in [0.29, 0.717) is 0 Å². The Hall–Kier alpha value is -5.37. The second kappa shape index (κ2) is 23.2. The van der Waals surface area contributed by atoms with Crippen LogP contribution in [0.5, 0.6) is 0 Å². The van der Waals surface area contributed by atoms with Crippen LogP contribution in [0.15, 0.2) is 63.8 Å². The van der Waals surface area contributed by atoms with Crippen LogP contribution in [0.1, 0.15) is 50.6 Å². The molecule has 4 aliphatic heterocycles. The van der Waals surface area contributed by atoms with Gasteiger partial charge in [-0.25, -0.2) is 47.6 Å². The predicted molar refractivity (Wildman–Crippen MR) is 259 cm³/mol. The number of ether oxygens (including phenoxy) is 4. The molecule has 3 unspecified atom stereocenters. The van der Waals surface area contributed by atoms with E-state index in [0.717, 1.165) is 20.0 Å². The van der Waals surface area contributed by atoms with E-state index in [1.54, 1.807) is 0 Å². The first kappa shape index (κ1) is 58.3. The maximum atomic E-state index is 13.9. The minimum Gasteiger partial charge on any atom is -0.390 e. The molecule has 38 nitrogen and oxygen atoms in total. The quantitative estimate of drug-likeness (QED) is 0.0337. The molecule has 15 atom stereocenters. The Morgan fingerprint density at radius 2 is 0.886 bits per heavy atom. The van der Waals surface area contributed by atoms with Gasteiger partial charge in [0.2, 0.25) is 0 Å². The van der Waals surface area contributed by atoms with E-state index >= 15 is 0 Å². The summed E-state index contributed by atoms with van der Waals surface area (Å²) in [7, 11) is -21.1. The smallest absolute Gasteiger partial charge is 0.390 e. The van der Waals surface area contributed by atoms with Crippen LogP contribution in [0.25, 0.3) is 11.2 Å². The van der Waals surface area contributed by atoms with Gasteiger partial charge in [-0.3, -0.25) is 49.9 Å². The number of imidazole rings is 1. The van der Waals surface area contributed by atoms with Crippen molar-refractivity contribution in [2.24, 2.45) is 0 Å². The fraction of sp³-hybridized carbons (Fsp3) is 0.541. The van der Waals surface area contributed by atoms with Crippen molar-refractivity contribution in [1.29, 1.82) is 0 Å². The number of aromatic nitrogens is 10. The summed E-state index contributed by atoms with van der Waals surface area (Å²) in [6.45, 7) is -3.61. The molecule has 5 aromatic rings. The van der Waals surface area contributed by atoms with E-state index in [2.05, 4.69) is 34.4 Å². The molecular formula is C37H50N14O24P4. The van der Waals surface area contributed by atoms with Crippen molar-refractivity contribution in [3.8, 4) is 0 Å². The van der Waals surface area contributed by atoms with Crippen molar-refractivity contribution in [2.75, 3.05) is 49.4 Å². The predicted octanol–water partition coefficient (Wildman–Crippen LogP) is -1.95. The zero-order valence-electron chi connectivity index (χ0n) is 40.3. The lowest BCUT2D eigenvalue weighted by Gasteiger charge is -2.25. The van der Waals surface area contributed by atoms with Gasteiger partial charge in [0.15, 0.2) is 11.5 Å². The number of aliphatic hydroxyl groups excluding tert-OH is 1. The van der Waals surface area contributed by atoms with E-state index < -0.39 is 161 Å². The van der Waals surface area contributed by atoms with Crippen molar-refractivity contribution in [2.45, 2.75) is 99.4 Å². The van der Waals surface area contributed by atoms with Gasteiger partial charge in [-0.2, -0.15) is 15.0 Å². The van der Waals surface area contributed by atoms with Crippen molar-refractivity contribution in [1.82, 2.24) is 48.2 Å². The molecular weight excluding hydrogens is 1150 g/mol. The van der Waals surface area contributed by atoms with Crippen molar-refractivity contribution in [3.05, 3.63) is 80.9 Å². The zero-order chi connectivity index (χ0) is 56.8. The average molecular weight is 1200 g/mol. The molecule has 0 radical (unpaired) electrons. The number of hydrogen-bond donors (Lipinski definition) is 10. The molecule has 79 heavy (non-hydrogen) atoms. The van der Waals surface area contributed by atoms with Crippen LogP contribution in [-0.4, -0.2) is 153 Å². The third-order valence-corrected chi connectivity index (χ3v) is 15.9. The van der Waals surface area contributed by atoms with E-state index in [1.165, 1.54) is 47.7 Å². The highest BCUT2D eigenvalue weighted by Gasteiger charge is 2.49. The summed E-state index contributed by atoms with van der Waals surface area (Å²) in [5.74, 6) is -0.395. The summed E-state index contributed by atoms with van der Waals surface area (Å²) in [5, 5.41) is 10.7. The average Bonchev–Trinajstić information content (AvgIpc) is 4.33. The summed E-state index contributed by atoms with van der Waals surface area (Å²) in [6, 6.07) is 3.78. The van der Waals surface area contributed by atoms with Gasteiger partial charge in [-0.05, 0) is 18.2 Å². The fourth-order valence-electron chi connectivity index (χ4n) is 8.73. The maximum absolute atomic E-state index is 13.9. The highest BCUT2D eigenvalue weighted by atomic mass is 31.2. The normalized spacial score (nSPS) is 29.6. The minimum atomic E-state index is -5.40. The van der Waals surface area contributed by atoms with Gasteiger partial charge in [-0.1, -0.05) is 0 Å². The molecule has 9 heterocycles. The number of hydrogen-bond acceptors (Lipinski definition) is 29. The number of fused-ring (bicyclic) bond motifs is 1. The third-order valence-electron chi connectivity index (χ3n) is 12.3. The molecule has 0 aromatic carbocycles. The van der Waals surface area contributed by atoms with Crippen LogP contribution >= 0.6 is 31.3 Å². The van der Waals surface area contributed by atoms with Crippen LogP contribution in [0.2, 0.25) is 0 Å². The Labute approximate surface area is 441 Å². The Morgan fingerprint density at radius 1 is 0.519 bits per heavy atom. The lowest BCUT2D eigenvalue weighted by atomic mass is 10.2. The zero-order valence-corrected chi connectivity index (χ0v) is 43.9. The van der Waals surface area contributed by atoms with Crippen LogP contribution in [-0.2, 0) is 68.9 Å². The van der Waals surface area contributed by atoms with Crippen LogP contribution in [0, 0.1) is 0 Å². The van der Waals surface area contributed by atoms with Crippen molar-refractivity contribution in [3.63, 3.8) is 0 Å². The first-order chi connectivity index (χ1) is 37.2. The molecule has 0 spiro atoms. The Balaban J connectivity index is 0.890. The Kier molecular flexibility index (Phi) is 17.1. The lowest BCUT2D eigenvalue weighted by Crippen LogP contribution is -2.32. The molecule has 42 heteroatoms. The second-order valence-electron chi connectivity index (χ2n) is 17.7. The van der Waals surface area contributed by atoms with Crippen molar-refractivity contribution >= 4 is 65.7 Å². The molecule has 9 rings (SSSR count). The van der Waals surface area contributed by atoms with Gasteiger partial charge in [0, 0.05) is 44.3 Å². The topological polar surface area (TPSA) is 544 Å². The summed E-state index contributed by atoms with van der Waals surface area (Å²) in [6.07, 6.45) is -12.1. The molecule has 0 bridgehead atoms. The number of phosphoric ester groups is 4. The molecule has 5 aromatic heterocycles. The van der Waals surface area contributed by atoms with Crippen LogP contribution in [0.4, 0.5) is 23.3 Å². The van der Waals surface area contributed by atoms with Gasteiger partial charge in [0.05, 0.1) is 38.9 Å². The summed E-state index contributed by atoms with van der Waals surface area (Å²) < 4.78 is 117. The van der Waals surface area contributed by atoms with Gasteiger partial charge in [0.1, 0.15) is 96.9 Å². The molecule has 4 saturated heterocycles. The van der Waals surface area contributed by atoms with Crippen LogP contribution in [0.3, 0.4) is 0 Å². The molecule has 0 aliphatic carbocycles. The minimum absolute atomic E-state index is 0.00497. The first-order valence-corrected chi connectivity index (χ1v) is 29.1. The fourth-order valence-corrected chi connectivity index (χ4v) is 11.9. The maximum Gasteiger partial charge on any atom is 0.472 e. The SMILES string of the molecule is Nc1ccn([C@H]2C[C@H](OP(=O)(O)OC[C@H]3O[C@@H](n4ccc(N)nc4=O)C[C@@H]3OP(=O)(O)OC[C@H]3O[C@@H](n4cnc5c(N)ncnc54)C[C@@H]3OP(=O)(O)OC[C@H]3O[C@@H](n4ccc(N)nc4=O)C[C@@H]3O)[C@@H](COP(=O)(O)O)O2)c(=O)n1. The summed E-state index contributed by atoms with van der Waals surface area (Å²) >= 11 is 0. The number of aliphatic hydroxyl groups is 1. The second-order valence-corrected chi connectivity index (χ2v) is 23.2. The molecule has 0 amide bonds. The van der Waals surface area contributed by atoms with Gasteiger partial charge in [0.25, 0.3) is 0 Å². The van der Waals surface area contributed by atoms with E-state index in [9.17, 15) is 62.2 Å². The Bertz CT molecular complexity index is 3420. The molecule has 14 N–H and O–H groups in total. The number of nitrogens with two attached hydrogens (primary N) is 4. The standard InChI is InChI=1S/C37H50N14O24P4/c38-25-1-4-48(35(53)45-25)28-7-17(52)21(69-28)11-66-77(59,60)75-20-10-31(51-16-44-32-33(41)42-15-43-34(32)51)72-24(20)14-68-79(63,64)74-19-9-30(50-6-3-27(40)47-37(50)55)71-23(19)13-67-78(61,62)73-18-8-29(49-5-2-26(39)46-36(49)54)70-22(18)12-65-76(56,57)58/h1-6,15-24,28-31,52H,7-14H2,(H,59,60)(H,61,62)(H,63,64)(H2,38,45,53)(H2,39,46,54)(H2,40,47,55)(H2,41,42,43)(H2,56,57,58)/t17-,18-,19-,20-,21+,22+,23+,24+,28+,29+,30+,31+/m0/s1. The lowest BCUT2D eigenvalue weighted by molar-refractivity contribution is -0.0631. The highest BCUT2D eigenvalue weighted by Crippen LogP contribution is 2.54. The summed E-state index contributed by atoms with van der Waals surface area (Å²) in [5.41, 5.74) is 20.4. The number of anilines is 4. The van der Waals surface area contributed by atoms with E-state index in [1.807, 2.05) is 0 Å². The van der Waals surface area contributed by atoms with Crippen LogP contribution < -0.4 is 40.0 Å². The number of nitrogen functional groups attached to an aromatic ring is 4. The van der Waals surface area contributed by atoms with Crippen molar-refractivity contribution < 1.29 is 98.4 Å². The molecule has 4 aliphatic rings. The number of nitrogens with zero attached hydrogens (tertiary/aromatic N) is 10. The first-order valence-electron chi connectivity index (χ1n) is 23.1.